The molecule has 0 aliphatic heterocycles. The summed E-state index contributed by atoms with van der Waals surface area (Å²) in [6.07, 6.45) is -1.53. The molecule has 0 atom stereocenters. The van der Waals surface area contributed by atoms with Crippen LogP contribution < -0.4 is 20.2 Å². The number of unbranched alkanes of at least 4 members (excludes halogenated alkanes) is 1. The van der Waals surface area contributed by atoms with Gasteiger partial charge in [0.05, 0.1) is 25.0 Å². The fourth-order valence-electron chi connectivity index (χ4n) is 2.78. The average molecular weight is 479 g/mol. The number of hydrazone groups is 1. The average Bonchev–Trinajstić information content (AvgIpc) is 2.79. The van der Waals surface area contributed by atoms with Crippen molar-refractivity contribution < 1.29 is 32.2 Å². The number of hydrogen-bond acceptors (Lipinski definition) is 5. The van der Waals surface area contributed by atoms with E-state index in [9.17, 15) is 22.8 Å². The Kier molecular flexibility index (Phi) is 10.4. The maximum absolute atomic E-state index is 12.8. The Bertz CT molecular complexity index is 994. The topological polar surface area (TPSA) is 89.0 Å². The van der Waals surface area contributed by atoms with E-state index in [4.69, 9.17) is 9.47 Å². The molecule has 0 fully saturated rings. The summed E-state index contributed by atoms with van der Waals surface area (Å²) in [5, 5.41) is 6.22. The summed E-state index contributed by atoms with van der Waals surface area (Å²) in [7, 11) is 0. The lowest BCUT2D eigenvalue weighted by Gasteiger charge is -2.12. The second-order valence-electron chi connectivity index (χ2n) is 7.26. The van der Waals surface area contributed by atoms with Gasteiger partial charge in [0.15, 0.2) is 11.5 Å². The molecular formula is C24H28F3N3O4. The third-order valence-electron chi connectivity index (χ3n) is 4.48. The van der Waals surface area contributed by atoms with Gasteiger partial charge in [0.25, 0.3) is 0 Å². The number of alkyl halides is 3. The van der Waals surface area contributed by atoms with Crippen LogP contribution in [0.2, 0.25) is 0 Å². The van der Waals surface area contributed by atoms with E-state index in [-0.39, 0.29) is 18.5 Å². The zero-order valence-corrected chi connectivity index (χ0v) is 19.1. The molecule has 2 amide bonds. The SMILES string of the molecule is CCCCOc1ccc(C=NNC(=O)CCC(=O)Nc2cccc(C(F)(F)F)c2)cc1OCC. The van der Waals surface area contributed by atoms with Crippen LogP contribution in [0.15, 0.2) is 47.6 Å². The van der Waals surface area contributed by atoms with Gasteiger partial charge in [-0.1, -0.05) is 19.4 Å². The highest BCUT2D eigenvalue weighted by Gasteiger charge is 2.30. The molecule has 2 aromatic carbocycles. The van der Waals surface area contributed by atoms with Crippen LogP contribution in [0.3, 0.4) is 0 Å². The van der Waals surface area contributed by atoms with Gasteiger partial charge in [-0.05, 0) is 55.3 Å². The second kappa shape index (κ2) is 13.2. The van der Waals surface area contributed by atoms with Gasteiger partial charge in [-0.3, -0.25) is 9.59 Å². The minimum Gasteiger partial charge on any atom is -0.490 e. The molecule has 2 aromatic rings. The first kappa shape index (κ1) is 26.7. The molecule has 2 N–H and O–H groups in total. The number of amides is 2. The molecule has 0 spiro atoms. The summed E-state index contributed by atoms with van der Waals surface area (Å²) < 4.78 is 49.6. The third kappa shape index (κ3) is 9.13. The van der Waals surface area contributed by atoms with Crippen molar-refractivity contribution in [3.8, 4) is 11.5 Å². The summed E-state index contributed by atoms with van der Waals surface area (Å²) in [6, 6.07) is 9.55. The standard InChI is InChI=1S/C24H28F3N3O4/c1-3-5-13-34-20-10-9-17(14-21(20)33-4-2)16-28-30-23(32)12-11-22(31)29-19-8-6-7-18(15-19)24(25,26)27/h6-10,14-16H,3-5,11-13H2,1-2H3,(H,29,31)(H,30,32). The van der Waals surface area contributed by atoms with Crippen molar-refractivity contribution in [1.82, 2.24) is 5.43 Å². The highest BCUT2D eigenvalue weighted by molar-refractivity contribution is 5.93. The summed E-state index contributed by atoms with van der Waals surface area (Å²) in [5.41, 5.74) is 2.13. The van der Waals surface area contributed by atoms with Crippen LogP contribution in [0.5, 0.6) is 11.5 Å². The molecular weight excluding hydrogens is 451 g/mol. The smallest absolute Gasteiger partial charge is 0.416 e. The molecule has 0 aliphatic carbocycles. The summed E-state index contributed by atoms with van der Waals surface area (Å²) in [4.78, 5) is 23.9. The van der Waals surface area contributed by atoms with Crippen molar-refractivity contribution >= 4 is 23.7 Å². The monoisotopic (exact) mass is 479 g/mol. The Morgan fingerprint density at radius 2 is 1.76 bits per heavy atom. The van der Waals surface area contributed by atoms with Crippen molar-refractivity contribution in [3.63, 3.8) is 0 Å². The van der Waals surface area contributed by atoms with E-state index in [1.807, 2.05) is 6.92 Å². The Morgan fingerprint density at radius 3 is 2.47 bits per heavy atom. The van der Waals surface area contributed by atoms with Gasteiger partial charge in [0.2, 0.25) is 11.8 Å². The van der Waals surface area contributed by atoms with E-state index >= 15 is 0 Å². The number of anilines is 1. The van der Waals surface area contributed by atoms with Crippen LogP contribution in [0.25, 0.3) is 0 Å². The molecule has 0 radical (unpaired) electrons. The molecule has 0 saturated heterocycles. The number of halogens is 3. The van der Waals surface area contributed by atoms with Crippen LogP contribution in [0.1, 0.15) is 50.7 Å². The molecule has 0 heterocycles. The van der Waals surface area contributed by atoms with Gasteiger partial charge in [-0.15, -0.1) is 0 Å². The lowest BCUT2D eigenvalue weighted by Crippen LogP contribution is -2.20. The van der Waals surface area contributed by atoms with Crippen LogP contribution in [0.4, 0.5) is 18.9 Å². The van der Waals surface area contributed by atoms with E-state index in [2.05, 4.69) is 22.8 Å². The zero-order chi connectivity index (χ0) is 25.0. The first-order valence-corrected chi connectivity index (χ1v) is 10.9. The van der Waals surface area contributed by atoms with E-state index in [0.29, 0.717) is 30.3 Å². The van der Waals surface area contributed by atoms with Crippen molar-refractivity contribution in [1.29, 1.82) is 0 Å². The quantitative estimate of drug-likeness (QED) is 0.250. The number of nitrogens with zero attached hydrogens (tertiary/aromatic N) is 1. The maximum Gasteiger partial charge on any atom is 0.416 e. The highest BCUT2D eigenvalue weighted by Crippen LogP contribution is 2.31. The molecule has 10 heteroatoms. The Labute approximate surface area is 196 Å². The maximum atomic E-state index is 12.8. The van der Waals surface area contributed by atoms with Gasteiger partial charge in [-0.25, -0.2) is 5.43 Å². The number of carbonyl (C=O) groups is 2. The first-order chi connectivity index (χ1) is 16.2. The number of nitrogens with one attached hydrogen (secondary N) is 2. The van der Waals surface area contributed by atoms with Gasteiger partial charge >= 0.3 is 6.18 Å². The van der Waals surface area contributed by atoms with Crippen LogP contribution in [0, 0.1) is 0 Å². The van der Waals surface area contributed by atoms with Gasteiger partial charge in [0.1, 0.15) is 0 Å². The van der Waals surface area contributed by atoms with E-state index in [1.165, 1.54) is 18.3 Å². The minimum absolute atomic E-state index is 0.00507. The predicted molar refractivity (Wildman–Crippen MR) is 123 cm³/mol. The summed E-state index contributed by atoms with van der Waals surface area (Å²) in [6.45, 7) is 4.98. The van der Waals surface area contributed by atoms with E-state index in [1.54, 1.807) is 18.2 Å². The van der Waals surface area contributed by atoms with Crippen molar-refractivity contribution in [2.75, 3.05) is 18.5 Å². The fraction of sp³-hybridized carbons (Fsp3) is 0.375. The van der Waals surface area contributed by atoms with Crippen molar-refractivity contribution in [2.45, 2.75) is 45.7 Å². The third-order valence-corrected chi connectivity index (χ3v) is 4.48. The molecule has 0 saturated carbocycles. The van der Waals surface area contributed by atoms with E-state index in [0.717, 1.165) is 25.0 Å². The molecule has 7 nitrogen and oxygen atoms in total. The molecule has 2 rings (SSSR count). The number of rotatable bonds is 12. The van der Waals surface area contributed by atoms with Crippen molar-refractivity contribution in [3.05, 3.63) is 53.6 Å². The normalized spacial score (nSPS) is 11.3. The number of carbonyl (C=O) groups excluding carboxylic acids is 2. The number of benzene rings is 2. The minimum atomic E-state index is -4.51. The predicted octanol–water partition coefficient (Wildman–Crippen LogP) is 5.15. The number of hydrogen-bond donors (Lipinski definition) is 2. The Balaban J connectivity index is 1.83. The second-order valence-corrected chi connectivity index (χ2v) is 7.26. The number of ether oxygens (including phenoxy) is 2. The lowest BCUT2D eigenvalue weighted by molar-refractivity contribution is -0.137. The van der Waals surface area contributed by atoms with Crippen molar-refractivity contribution in [2.24, 2.45) is 5.10 Å². The van der Waals surface area contributed by atoms with Gasteiger partial charge < -0.3 is 14.8 Å². The Morgan fingerprint density at radius 1 is 1.00 bits per heavy atom. The summed E-state index contributed by atoms with van der Waals surface area (Å²) in [5.74, 6) is 0.0990. The van der Waals surface area contributed by atoms with Crippen LogP contribution >= 0.6 is 0 Å². The molecule has 0 bridgehead atoms. The lowest BCUT2D eigenvalue weighted by atomic mass is 10.2. The first-order valence-electron chi connectivity index (χ1n) is 10.9. The highest BCUT2D eigenvalue weighted by atomic mass is 19.4. The van der Waals surface area contributed by atoms with Gasteiger partial charge in [-0.2, -0.15) is 18.3 Å². The van der Waals surface area contributed by atoms with Gasteiger partial charge in [0, 0.05) is 18.5 Å². The molecule has 0 aliphatic rings. The largest absolute Gasteiger partial charge is 0.490 e. The Hall–Kier alpha value is -3.56. The zero-order valence-electron chi connectivity index (χ0n) is 19.1. The molecule has 0 unspecified atom stereocenters. The van der Waals surface area contributed by atoms with E-state index < -0.39 is 23.6 Å². The molecule has 34 heavy (non-hydrogen) atoms. The summed E-state index contributed by atoms with van der Waals surface area (Å²) >= 11 is 0. The van der Waals surface area contributed by atoms with Crippen LogP contribution in [-0.2, 0) is 15.8 Å². The fourth-order valence-corrected chi connectivity index (χ4v) is 2.78. The molecule has 0 aromatic heterocycles. The van der Waals surface area contributed by atoms with Crippen LogP contribution in [-0.4, -0.2) is 31.2 Å². The molecule has 184 valence electrons.